The molecule has 10 heteroatoms. The fraction of sp³-hybridized carbons (Fsp3) is 0.286. The van der Waals surface area contributed by atoms with E-state index in [0.29, 0.717) is 16.7 Å². The van der Waals surface area contributed by atoms with E-state index in [4.69, 9.17) is 4.74 Å². The molecule has 31 heavy (non-hydrogen) atoms. The normalized spacial score (nSPS) is 13.8. The van der Waals surface area contributed by atoms with E-state index in [-0.39, 0.29) is 30.8 Å². The molecule has 0 saturated carbocycles. The first-order valence-corrected chi connectivity index (χ1v) is 9.83. The van der Waals surface area contributed by atoms with Crippen LogP contribution in [0.3, 0.4) is 0 Å². The second-order valence-corrected chi connectivity index (χ2v) is 7.30. The zero-order valence-electron chi connectivity index (χ0n) is 17.4. The van der Waals surface area contributed by atoms with Crippen LogP contribution in [0.25, 0.3) is 16.7 Å². The molecule has 1 aliphatic rings. The highest BCUT2D eigenvalue weighted by Gasteiger charge is 2.24. The molecule has 0 bridgehead atoms. The van der Waals surface area contributed by atoms with E-state index < -0.39 is 12.0 Å². The lowest BCUT2D eigenvalue weighted by Gasteiger charge is -2.21. The van der Waals surface area contributed by atoms with Gasteiger partial charge < -0.3 is 15.4 Å². The van der Waals surface area contributed by atoms with E-state index in [0.717, 1.165) is 16.8 Å². The average Bonchev–Trinajstić information content (AvgIpc) is 3.14. The topological polar surface area (TPSA) is 120 Å². The fourth-order valence-corrected chi connectivity index (χ4v) is 3.57. The molecule has 0 radical (unpaired) electrons. The van der Waals surface area contributed by atoms with Crippen LogP contribution in [-0.4, -0.2) is 44.5 Å². The number of fused-ring (bicyclic) bond motifs is 1. The Bertz CT molecular complexity index is 1270. The molecule has 0 atom stereocenters. The Hall–Kier alpha value is -3.95. The second kappa shape index (κ2) is 8.05. The minimum atomic E-state index is -0.547. The molecule has 4 rings (SSSR count). The van der Waals surface area contributed by atoms with Crippen LogP contribution in [0.2, 0.25) is 0 Å². The van der Waals surface area contributed by atoms with Gasteiger partial charge in [0.05, 0.1) is 42.9 Å². The zero-order valence-corrected chi connectivity index (χ0v) is 17.4. The molecule has 2 N–H and O–H groups in total. The number of amides is 2. The fourth-order valence-electron chi connectivity index (χ4n) is 3.57. The zero-order chi connectivity index (χ0) is 22.1. The predicted molar refractivity (Wildman–Crippen MR) is 113 cm³/mol. The first-order valence-electron chi connectivity index (χ1n) is 9.83. The molecular weight excluding hydrogens is 400 g/mol. The van der Waals surface area contributed by atoms with Crippen LogP contribution in [0.1, 0.15) is 18.1 Å². The summed E-state index contributed by atoms with van der Waals surface area (Å²) in [4.78, 5) is 41.5. The summed E-state index contributed by atoms with van der Waals surface area (Å²) in [6, 6.07) is 5.53. The third kappa shape index (κ3) is 3.91. The maximum atomic E-state index is 13.1. The Morgan fingerprint density at radius 1 is 1.19 bits per heavy atom. The van der Waals surface area contributed by atoms with Gasteiger partial charge in [-0.15, -0.1) is 0 Å². The molecule has 0 saturated heterocycles. The number of allylic oxidation sites excluding steroid dienone is 1. The molecule has 3 heterocycles. The molecule has 2 aromatic heterocycles. The van der Waals surface area contributed by atoms with Gasteiger partial charge in [-0.3, -0.25) is 9.36 Å². The summed E-state index contributed by atoms with van der Waals surface area (Å²) in [5, 5.41) is 9.81. The summed E-state index contributed by atoms with van der Waals surface area (Å²) < 4.78 is 8.00. The molecule has 1 aromatic carbocycles. The van der Waals surface area contributed by atoms with Crippen LogP contribution in [0, 0.1) is 13.8 Å². The molecule has 0 spiro atoms. The largest absolute Gasteiger partial charge is 0.463 e. The lowest BCUT2D eigenvalue weighted by Crippen LogP contribution is -2.45. The van der Waals surface area contributed by atoms with E-state index in [1.54, 1.807) is 11.6 Å². The monoisotopic (exact) mass is 422 g/mol. The minimum Gasteiger partial charge on any atom is -0.463 e. The Morgan fingerprint density at radius 3 is 2.65 bits per heavy atom. The van der Waals surface area contributed by atoms with Crippen molar-refractivity contribution in [2.75, 3.05) is 13.2 Å². The lowest BCUT2D eigenvalue weighted by molar-refractivity contribution is -0.138. The number of hydrogen-bond acceptors (Lipinski definition) is 6. The molecule has 0 fully saturated rings. The van der Waals surface area contributed by atoms with Gasteiger partial charge in [0.25, 0.3) is 5.56 Å². The highest BCUT2D eigenvalue weighted by Crippen LogP contribution is 2.17. The van der Waals surface area contributed by atoms with Gasteiger partial charge in [-0.1, -0.05) is 6.07 Å². The van der Waals surface area contributed by atoms with Gasteiger partial charge in [-0.05, 0) is 44.0 Å². The number of hydrogen-bond donors (Lipinski definition) is 2. The Morgan fingerprint density at radius 2 is 1.94 bits per heavy atom. The number of nitrogens with zero attached hydrogens (tertiary/aromatic N) is 4. The van der Waals surface area contributed by atoms with Gasteiger partial charge in [0.15, 0.2) is 5.65 Å². The summed E-state index contributed by atoms with van der Waals surface area (Å²) in [5.74, 6) is -0.547. The van der Waals surface area contributed by atoms with E-state index in [2.05, 4.69) is 26.8 Å². The standard InChI is InChI=1S/C21H22N6O4/c1-4-31-20(29)15-8-22-21(30)25-17(15)10-26-11-23-18-16(19(26)28)9-24-27(18)14-6-12(2)5-13(3)7-14/h5-7,9,11H,4,8,10H2,1-3H3,(H2,22,25,30). The van der Waals surface area contributed by atoms with Gasteiger partial charge >= 0.3 is 12.0 Å². The van der Waals surface area contributed by atoms with Crippen molar-refractivity contribution in [1.82, 2.24) is 30.0 Å². The number of aryl methyl sites for hydroxylation is 2. The Balaban J connectivity index is 1.74. The van der Waals surface area contributed by atoms with Gasteiger partial charge in [0.1, 0.15) is 11.7 Å². The van der Waals surface area contributed by atoms with E-state index in [1.165, 1.54) is 17.1 Å². The summed E-state index contributed by atoms with van der Waals surface area (Å²) in [6.07, 6.45) is 2.86. The minimum absolute atomic E-state index is 0.0229. The van der Waals surface area contributed by atoms with Crippen molar-refractivity contribution in [3.05, 3.63) is 63.5 Å². The first kappa shape index (κ1) is 20.3. The SMILES string of the molecule is CCOC(=O)C1=C(Cn2cnc3c(cnn3-c3cc(C)cc(C)c3)c2=O)NC(=O)NC1. The van der Waals surface area contributed by atoms with Crippen LogP contribution in [-0.2, 0) is 16.1 Å². The van der Waals surface area contributed by atoms with Crippen molar-refractivity contribution in [3.8, 4) is 5.69 Å². The van der Waals surface area contributed by atoms with Crippen LogP contribution < -0.4 is 16.2 Å². The highest BCUT2D eigenvalue weighted by molar-refractivity contribution is 5.93. The second-order valence-electron chi connectivity index (χ2n) is 7.30. The highest BCUT2D eigenvalue weighted by atomic mass is 16.5. The van der Waals surface area contributed by atoms with Crippen molar-refractivity contribution >= 4 is 23.0 Å². The van der Waals surface area contributed by atoms with Crippen LogP contribution >= 0.6 is 0 Å². The van der Waals surface area contributed by atoms with Gasteiger partial charge in [-0.25, -0.2) is 19.3 Å². The summed E-state index contributed by atoms with van der Waals surface area (Å²) in [7, 11) is 0. The van der Waals surface area contributed by atoms with Crippen LogP contribution in [0.4, 0.5) is 4.79 Å². The number of rotatable bonds is 5. The van der Waals surface area contributed by atoms with Crippen LogP contribution in [0.5, 0.6) is 0 Å². The van der Waals surface area contributed by atoms with Crippen molar-refractivity contribution in [1.29, 1.82) is 0 Å². The molecule has 0 unspecified atom stereocenters. The number of carbonyl (C=O) groups is 2. The van der Waals surface area contributed by atoms with E-state index in [9.17, 15) is 14.4 Å². The average molecular weight is 422 g/mol. The molecular formula is C21H22N6O4. The first-order chi connectivity index (χ1) is 14.9. The quantitative estimate of drug-likeness (QED) is 0.599. The molecule has 10 nitrogen and oxygen atoms in total. The maximum Gasteiger partial charge on any atom is 0.337 e. The summed E-state index contributed by atoms with van der Waals surface area (Å²) >= 11 is 0. The van der Waals surface area contributed by atoms with Crippen molar-refractivity contribution in [2.45, 2.75) is 27.3 Å². The number of ether oxygens (including phenoxy) is 1. The Labute approximate surface area is 177 Å². The van der Waals surface area contributed by atoms with Crippen LogP contribution in [0.15, 0.2) is 46.8 Å². The molecule has 2 amide bonds. The number of urea groups is 1. The number of aromatic nitrogens is 4. The smallest absolute Gasteiger partial charge is 0.337 e. The van der Waals surface area contributed by atoms with E-state index >= 15 is 0 Å². The predicted octanol–water partition coefficient (Wildman–Crippen LogP) is 1.33. The maximum absolute atomic E-state index is 13.1. The summed E-state index contributed by atoms with van der Waals surface area (Å²) in [6.45, 7) is 5.88. The molecule has 3 aromatic rings. The van der Waals surface area contributed by atoms with Crippen molar-refractivity contribution in [3.63, 3.8) is 0 Å². The molecule has 1 aliphatic heterocycles. The lowest BCUT2D eigenvalue weighted by atomic mass is 10.1. The molecule has 160 valence electrons. The van der Waals surface area contributed by atoms with Gasteiger partial charge in [0, 0.05) is 0 Å². The molecule has 0 aliphatic carbocycles. The van der Waals surface area contributed by atoms with Gasteiger partial charge in [-0.2, -0.15) is 5.10 Å². The number of nitrogens with one attached hydrogen (secondary N) is 2. The third-order valence-electron chi connectivity index (χ3n) is 4.91. The number of esters is 1. The number of benzene rings is 1. The number of carbonyl (C=O) groups excluding carboxylic acids is 2. The van der Waals surface area contributed by atoms with Gasteiger partial charge in [0.2, 0.25) is 0 Å². The van der Waals surface area contributed by atoms with E-state index in [1.807, 2.05) is 26.0 Å². The summed E-state index contributed by atoms with van der Waals surface area (Å²) in [5.41, 5.74) is 3.63. The Kier molecular flexibility index (Phi) is 5.28. The third-order valence-corrected chi connectivity index (χ3v) is 4.91. The van der Waals surface area contributed by atoms with Crippen molar-refractivity contribution in [2.24, 2.45) is 0 Å². The van der Waals surface area contributed by atoms with Crippen molar-refractivity contribution < 1.29 is 14.3 Å².